The van der Waals surface area contributed by atoms with E-state index in [0.717, 1.165) is 53.7 Å². The largest absolute Gasteiger partial charge is 0.494 e. The predicted molar refractivity (Wildman–Crippen MR) is 106 cm³/mol. The maximum atomic E-state index is 5.92. The second kappa shape index (κ2) is 7.92. The van der Waals surface area contributed by atoms with Crippen molar-refractivity contribution in [1.82, 2.24) is 14.9 Å². The van der Waals surface area contributed by atoms with Crippen molar-refractivity contribution in [3.63, 3.8) is 0 Å². The molecule has 0 spiro atoms. The van der Waals surface area contributed by atoms with Crippen molar-refractivity contribution in [2.75, 3.05) is 26.2 Å². The van der Waals surface area contributed by atoms with E-state index in [1.54, 1.807) is 0 Å². The molecule has 2 heterocycles. The summed E-state index contributed by atoms with van der Waals surface area (Å²) in [5.74, 6) is 2.67. The summed E-state index contributed by atoms with van der Waals surface area (Å²) < 4.78 is 5.92. The number of likely N-dealkylation sites (tertiary alicyclic amines) is 1. The van der Waals surface area contributed by atoms with E-state index >= 15 is 0 Å². The van der Waals surface area contributed by atoms with Crippen LogP contribution in [0.25, 0.3) is 22.4 Å². The van der Waals surface area contributed by atoms with Gasteiger partial charge in [-0.3, -0.25) is 0 Å². The minimum absolute atomic E-state index is 0.773. The Hall–Kier alpha value is -2.33. The fourth-order valence-corrected chi connectivity index (χ4v) is 3.77. The van der Waals surface area contributed by atoms with Gasteiger partial charge >= 0.3 is 0 Å². The molecule has 1 aromatic heterocycles. The first-order valence-corrected chi connectivity index (χ1v) is 9.68. The van der Waals surface area contributed by atoms with E-state index in [-0.39, 0.29) is 0 Å². The highest BCUT2D eigenvalue weighted by atomic mass is 16.5. The van der Waals surface area contributed by atoms with Crippen molar-refractivity contribution in [1.29, 1.82) is 0 Å². The molecule has 26 heavy (non-hydrogen) atoms. The average Bonchev–Trinajstić information content (AvgIpc) is 3.10. The van der Waals surface area contributed by atoms with Crippen molar-refractivity contribution < 1.29 is 4.74 Å². The maximum absolute atomic E-state index is 5.92. The summed E-state index contributed by atoms with van der Waals surface area (Å²) in [7, 11) is 0. The number of imidazole rings is 1. The Balaban J connectivity index is 1.29. The van der Waals surface area contributed by atoms with E-state index < -0.39 is 0 Å². The first-order chi connectivity index (χ1) is 12.8. The van der Waals surface area contributed by atoms with Crippen LogP contribution in [0.15, 0.2) is 48.5 Å². The molecule has 1 unspecified atom stereocenters. The van der Waals surface area contributed by atoms with E-state index in [4.69, 9.17) is 4.74 Å². The van der Waals surface area contributed by atoms with Gasteiger partial charge in [-0.25, -0.2) is 4.98 Å². The molecule has 4 heteroatoms. The lowest BCUT2D eigenvalue weighted by molar-refractivity contribution is 0.170. The summed E-state index contributed by atoms with van der Waals surface area (Å²) in [6.07, 6.45) is 3.80. The Morgan fingerprint density at radius 1 is 1.15 bits per heavy atom. The van der Waals surface area contributed by atoms with Crippen LogP contribution in [0.1, 0.15) is 26.2 Å². The Bertz CT molecular complexity index is 807. The predicted octanol–water partition coefficient (Wildman–Crippen LogP) is 4.73. The molecule has 1 fully saturated rings. The number of ether oxygens (including phenoxy) is 1. The highest BCUT2D eigenvalue weighted by Crippen LogP contribution is 2.23. The second-order valence-corrected chi connectivity index (χ2v) is 7.38. The van der Waals surface area contributed by atoms with E-state index in [9.17, 15) is 0 Å². The lowest BCUT2D eigenvalue weighted by Gasteiger charge is -2.30. The summed E-state index contributed by atoms with van der Waals surface area (Å²) in [5, 5.41) is 0. The molecule has 1 N–H and O–H groups in total. The van der Waals surface area contributed by atoms with Crippen LogP contribution >= 0.6 is 0 Å². The molecule has 1 saturated heterocycles. The van der Waals surface area contributed by atoms with Crippen molar-refractivity contribution in [3.05, 3.63) is 48.5 Å². The van der Waals surface area contributed by atoms with Gasteiger partial charge in [0, 0.05) is 18.7 Å². The van der Waals surface area contributed by atoms with Crippen LogP contribution in [0.4, 0.5) is 0 Å². The molecule has 2 aromatic carbocycles. The molecule has 0 saturated carbocycles. The fraction of sp³-hybridized carbons (Fsp3) is 0.409. The molecule has 0 aliphatic carbocycles. The molecule has 0 radical (unpaired) electrons. The van der Waals surface area contributed by atoms with Gasteiger partial charge < -0.3 is 14.6 Å². The minimum Gasteiger partial charge on any atom is -0.494 e. The number of H-pyrrole nitrogens is 1. The molecule has 0 bridgehead atoms. The zero-order valence-electron chi connectivity index (χ0n) is 15.4. The first-order valence-electron chi connectivity index (χ1n) is 9.68. The SMILES string of the molecule is CC1CCCN(CCCOc2ccc(-c3nc4ccccc4[nH]3)cc2)C1. The number of nitrogens with one attached hydrogen (secondary N) is 1. The third-order valence-electron chi connectivity index (χ3n) is 5.15. The van der Waals surface area contributed by atoms with Crippen molar-refractivity contribution in [3.8, 4) is 17.1 Å². The maximum Gasteiger partial charge on any atom is 0.138 e. The van der Waals surface area contributed by atoms with Gasteiger partial charge in [-0.1, -0.05) is 19.1 Å². The van der Waals surface area contributed by atoms with Gasteiger partial charge in [-0.15, -0.1) is 0 Å². The molecular formula is C22H27N3O. The third kappa shape index (κ3) is 4.07. The van der Waals surface area contributed by atoms with Gasteiger partial charge in [0.05, 0.1) is 17.6 Å². The van der Waals surface area contributed by atoms with E-state index in [0.29, 0.717) is 0 Å². The summed E-state index contributed by atoms with van der Waals surface area (Å²) in [6, 6.07) is 16.3. The van der Waals surface area contributed by atoms with E-state index in [2.05, 4.69) is 33.9 Å². The van der Waals surface area contributed by atoms with Gasteiger partial charge in [0.25, 0.3) is 0 Å². The summed E-state index contributed by atoms with van der Waals surface area (Å²) in [6.45, 7) is 6.76. The second-order valence-electron chi connectivity index (χ2n) is 7.38. The fourth-order valence-electron chi connectivity index (χ4n) is 3.77. The Morgan fingerprint density at radius 3 is 2.81 bits per heavy atom. The lowest BCUT2D eigenvalue weighted by atomic mass is 10.0. The number of benzene rings is 2. The topological polar surface area (TPSA) is 41.1 Å². The van der Waals surface area contributed by atoms with Crippen molar-refractivity contribution in [2.45, 2.75) is 26.2 Å². The minimum atomic E-state index is 0.773. The monoisotopic (exact) mass is 349 g/mol. The Kier molecular flexibility index (Phi) is 5.21. The molecular weight excluding hydrogens is 322 g/mol. The van der Waals surface area contributed by atoms with Crippen LogP contribution in [0, 0.1) is 5.92 Å². The number of aromatic nitrogens is 2. The number of nitrogens with zero attached hydrogens (tertiary/aromatic N) is 2. The number of para-hydroxylation sites is 2. The van der Waals surface area contributed by atoms with Gasteiger partial charge in [0.15, 0.2) is 0 Å². The van der Waals surface area contributed by atoms with Crippen molar-refractivity contribution in [2.24, 2.45) is 5.92 Å². The molecule has 136 valence electrons. The number of hydrogen-bond acceptors (Lipinski definition) is 3. The highest BCUT2D eigenvalue weighted by Gasteiger charge is 2.15. The summed E-state index contributed by atoms with van der Waals surface area (Å²) in [4.78, 5) is 10.6. The van der Waals surface area contributed by atoms with E-state index in [1.165, 1.54) is 25.9 Å². The highest BCUT2D eigenvalue weighted by molar-refractivity contribution is 5.79. The molecule has 4 nitrogen and oxygen atoms in total. The normalized spacial score (nSPS) is 18.3. The summed E-state index contributed by atoms with van der Waals surface area (Å²) in [5.41, 5.74) is 3.14. The van der Waals surface area contributed by atoms with Gasteiger partial charge in [0.1, 0.15) is 11.6 Å². The zero-order valence-corrected chi connectivity index (χ0v) is 15.4. The first kappa shape index (κ1) is 17.1. The van der Waals surface area contributed by atoms with Gasteiger partial charge in [-0.2, -0.15) is 0 Å². The molecule has 1 atom stereocenters. The lowest BCUT2D eigenvalue weighted by Crippen LogP contribution is -2.35. The van der Waals surface area contributed by atoms with Crippen LogP contribution in [0.5, 0.6) is 5.75 Å². The molecule has 4 rings (SSSR count). The number of hydrogen-bond donors (Lipinski definition) is 1. The van der Waals surface area contributed by atoms with Crippen LogP contribution in [0.2, 0.25) is 0 Å². The van der Waals surface area contributed by atoms with Crippen LogP contribution in [-0.2, 0) is 0 Å². The third-order valence-corrected chi connectivity index (χ3v) is 5.15. The number of aromatic amines is 1. The Morgan fingerprint density at radius 2 is 2.00 bits per heavy atom. The summed E-state index contributed by atoms with van der Waals surface area (Å²) >= 11 is 0. The van der Waals surface area contributed by atoms with E-state index in [1.807, 2.05) is 36.4 Å². The number of piperidine rings is 1. The molecule has 1 aliphatic heterocycles. The van der Waals surface area contributed by atoms with Gasteiger partial charge in [-0.05, 0) is 68.1 Å². The standard InChI is InChI=1S/C22H27N3O/c1-17-6-4-13-25(16-17)14-5-15-26-19-11-9-18(10-12-19)22-23-20-7-2-3-8-21(20)24-22/h2-3,7-12,17H,4-6,13-16H2,1H3,(H,23,24). The molecule has 0 amide bonds. The van der Waals surface area contributed by atoms with Crippen LogP contribution in [-0.4, -0.2) is 41.1 Å². The van der Waals surface area contributed by atoms with Crippen LogP contribution < -0.4 is 4.74 Å². The number of rotatable bonds is 6. The zero-order chi connectivity index (χ0) is 17.8. The van der Waals surface area contributed by atoms with Crippen molar-refractivity contribution >= 4 is 11.0 Å². The van der Waals surface area contributed by atoms with Gasteiger partial charge in [0.2, 0.25) is 0 Å². The number of fused-ring (bicyclic) bond motifs is 1. The van der Waals surface area contributed by atoms with Crippen LogP contribution in [0.3, 0.4) is 0 Å². The smallest absolute Gasteiger partial charge is 0.138 e. The molecule has 1 aliphatic rings. The Labute approximate surface area is 155 Å². The molecule has 3 aromatic rings. The average molecular weight is 349 g/mol. The quantitative estimate of drug-likeness (QED) is 0.654.